The summed E-state index contributed by atoms with van der Waals surface area (Å²) in [5.74, 6) is 0. The van der Waals surface area contributed by atoms with Crippen molar-refractivity contribution >= 4 is 23.3 Å². The number of aromatic nitrogens is 2. The zero-order valence-corrected chi connectivity index (χ0v) is 12.8. The zero-order valence-electron chi connectivity index (χ0n) is 12.0. The number of fused-ring (bicyclic) bond motifs is 1. The number of hydrogen-bond donors (Lipinski definition) is 1. The van der Waals surface area contributed by atoms with E-state index in [1.54, 1.807) is 12.1 Å². The first-order valence-corrected chi connectivity index (χ1v) is 6.74. The molecule has 1 amide bonds. The van der Waals surface area contributed by atoms with Crippen LogP contribution in [0.5, 0.6) is 0 Å². The van der Waals surface area contributed by atoms with Gasteiger partial charge in [-0.3, -0.25) is 0 Å². The van der Waals surface area contributed by atoms with Gasteiger partial charge < -0.3 is 14.5 Å². The number of halogens is 1. The highest BCUT2D eigenvalue weighted by molar-refractivity contribution is 6.30. The molecule has 2 heterocycles. The van der Waals surface area contributed by atoms with E-state index >= 15 is 0 Å². The summed E-state index contributed by atoms with van der Waals surface area (Å²) in [6.45, 7) is 7.74. The first-order chi connectivity index (χ1) is 9.26. The van der Waals surface area contributed by atoms with E-state index in [9.17, 15) is 4.79 Å². The van der Waals surface area contributed by atoms with Gasteiger partial charge in [-0.2, -0.15) is 0 Å². The molecule has 20 heavy (non-hydrogen) atoms. The number of aryl methyl sites for hydroxylation is 1. The highest BCUT2D eigenvalue weighted by atomic mass is 35.5. The van der Waals surface area contributed by atoms with Crippen LogP contribution in [0.4, 0.5) is 4.79 Å². The van der Waals surface area contributed by atoms with E-state index in [0.717, 1.165) is 17.0 Å². The van der Waals surface area contributed by atoms with Crippen molar-refractivity contribution in [2.75, 3.05) is 0 Å². The fraction of sp³-hybridized carbons (Fsp3) is 0.429. The lowest BCUT2D eigenvalue weighted by Crippen LogP contribution is -2.32. The first kappa shape index (κ1) is 14.7. The highest BCUT2D eigenvalue weighted by Gasteiger charge is 2.16. The van der Waals surface area contributed by atoms with Crippen molar-refractivity contribution in [1.82, 2.24) is 14.7 Å². The van der Waals surface area contributed by atoms with Crippen LogP contribution in [0.15, 0.2) is 18.3 Å². The molecule has 2 aromatic heterocycles. The van der Waals surface area contributed by atoms with Crippen molar-refractivity contribution in [2.45, 2.75) is 39.8 Å². The Kier molecular flexibility index (Phi) is 3.90. The Morgan fingerprint density at radius 1 is 1.50 bits per heavy atom. The van der Waals surface area contributed by atoms with Gasteiger partial charge in [0.15, 0.2) is 0 Å². The maximum atomic E-state index is 11.6. The van der Waals surface area contributed by atoms with Crippen LogP contribution in [0.2, 0.25) is 5.02 Å². The van der Waals surface area contributed by atoms with E-state index in [-0.39, 0.29) is 0 Å². The average Bonchev–Trinajstić information content (AvgIpc) is 2.61. The van der Waals surface area contributed by atoms with Gasteiger partial charge >= 0.3 is 6.09 Å². The summed E-state index contributed by atoms with van der Waals surface area (Å²) >= 11 is 5.94. The number of nitrogens with zero attached hydrogens (tertiary/aromatic N) is 2. The Labute approximate surface area is 122 Å². The Bertz CT molecular complexity index is 644. The Morgan fingerprint density at radius 3 is 2.85 bits per heavy atom. The minimum absolute atomic E-state index is 0.319. The maximum Gasteiger partial charge on any atom is 0.407 e. The molecular weight excluding hydrogens is 278 g/mol. The van der Waals surface area contributed by atoms with Gasteiger partial charge in [0.2, 0.25) is 0 Å². The summed E-state index contributed by atoms with van der Waals surface area (Å²) in [6.07, 6.45) is 1.41. The number of alkyl carbamates (subject to hydrolysis) is 1. The molecule has 2 aromatic rings. The number of ether oxygens (including phenoxy) is 1. The Balaban J connectivity index is 2.10. The maximum absolute atomic E-state index is 11.6. The number of rotatable bonds is 2. The van der Waals surface area contributed by atoms with Crippen LogP contribution in [-0.2, 0) is 11.3 Å². The van der Waals surface area contributed by atoms with Crippen LogP contribution in [0.25, 0.3) is 5.65 Å². The Morgan fingerprint density at radius 2 is 2.20 bits per heavy atom. The molecule has 6 heteroatoms. The second-order valence-electron chi connectivity index (χ2n) is 5.57. The summed E-state index contributed by atoms with van der Waals surface area (Å²) in [5.41, 5.74) is 2.01. The lowest BCUT2D eigenvalue weighted by atomic mass is 10.2. The van der Waals surface area contributed by atoms with E-state index < -0.39 is 11.7 Å². The fourth-order valence-electron chi connectivity index (χ4n) is 1.83. The molecule has 0 unspecified atom stereocenters. The average molecular weight is 296 g/mol. The highest BCUT2D eigenvalue weighted by Crippen LogP contribution is 2.16. The summed E-state index contributed by atoms with van der Waals surface area (Å²) < 4.78 is 7.12. The number of hydrogen-bond acceptors (Lipinski definition) is 3. The van der Waals surface area contributed by atoms with Crippen LogP contribution in [0.3, 0.4) is 0 Å². The minimum atomic E-state index is -0.508. The van der Waals surface area contributed by atoms with Crippen LogP contribution in [0.1, 0.15) is 32.2 Å². The van der Waals surface area contributed by atoms with Crippen molar-refractivity contribution in [3.63, 3.8) is 0 Å². The molecule has 108 valence electrons. The zero-order chi connectivity index (χ0) is 14.9. The molecular formula is C14H18ClN3O2. The van der Waals surface area contributed by atoms with E-state index in [0.29, 0.717) is 11.6 Å². The molecule has 0 aromatic carbocycles. The molecule has 0 bridgehead atoms. The normalized spacial score (nSPS) is 11.7. The number of nitrogens with one attached hydrogen (secondary N) is 1. The van der Waals surface area contributed by atoms with E-state index in [4.69, 9.17) is 16.3 Å². The number of carbonyl (C=O) groups is 1. The van der Waals surface area contributed by atoms with Crippen LogP contribution in [0, 0.1) is 6.92 Å². The van der Waals surface area contributed by atoms with Gasteiger partial charge in [-0.15, -0.1) is 0 Å². The van der Waals surface area contributed by atoms with Gasteiger partial charge in [0.05, 0.1) is 12.2 Å². The van der Waals surface area contributed by atoms with Crippen LogP contribution >= 0.6 is 11.6 Å². The smallest absolute Gasteiger partial charge is 0.407 e. The lowest BCUT2D eigenvalue weighted by molar-refractivity contribution is 0.0523. The molecule has 0 aliphatic heterocycles. The van der Waals surface area contributed by atoms with E-state index in [2.05, 4.69) is 10.3 Å². The lowest BCUT2D eigenvalue weighted by Gasteiger charge is -2.19. The third-order valence-corrected chi connectivity index (χ3v) is 2.96. The van der Waals surface area contributed by atoms with Crippen molar-refractivity contribution in [3.8, 4) is 0 Å². The Hall–Kier alpha value is -1.75. The summed E-state index contributed by atoms with van der Waals surface area (Å²) in [5, 5.41) is 3.34. The van der Waals surface area contributed by atoms with Gasteiger partial charge in [-0.25, -0.2) is 9.78 Å². The largest absolute Gasteiger partial charge is 0.444 e. The van der Waals surface area contributed by atoms with Gasteiger partial charge in [-0.05, 0) is 33.8 Å². The number of amides is 1. The summed E-state index contributed by atoms with van der Waals surface area (Å²) in [4.78, 5) is 16.1. The van der Waals surface area contributed by atoms with E-state index in [1.807, 2.05) is 38.3 Å². The molecule has 2 rings (SSSR count). The standard InChI is InChI=1S/C14H18ClN3O2/c1-9-11(8-16-13(19)20-14(2,3)4)17-12-7-10(15)5-6-18(9)12/h5-7H,8H2,1-4H3,(H,16,19). The second-order valence-corrected chi connectivity index (χ2v) is 6.01. The monoisotopic (exact) mass is 295 g/mol. The first-order valence-electron chi connectivity index (χ1n) is 6.36. The molecule has 0 spiro atoms. The van der Waals surface area contributed by atoms with Gasteiger partial charge in [0, 0.05) is 23.0 Å². The van der Waals surface area contributed by atoms with Crippen LogP contribution < -0.4 is 5.32 Å². The quantitative estimate of drug-likeness (QED) is 0.924. The summed E-state index contributed by atoms with van der Waals surface area (Å²) in [6, 6.07) is 3.58. The van der Waals surface area contributed by atoms with Crippen molar-refractivity contribution in [3.05, 3.63) is 34.7 Å². The predicted molar refractivity (Wildman–Crippen MR) is 78.0 cm³/mol. The van der Waals surface area contributed by atoms with E-state index in [1.165, 1.54) is 0 Å². The SMILES string of the molecule is Cc1c(CNC(=O)OC(C)(C)C)nc2cc(Cl)ccn12. The van der Waals surface area contributed by atoms with Gasteiger partial charge in [-0.1, -0.05) is 11.6 Å². The predicted octanol–water partition coefficient (Wildman–Crippen LogP) is 3.32. The third kappa shape index (κ3) is 3.42. The number of imidazole rings is 1. The molecule has 0 aliphatic carbocycles. The molecule has 5 nitrogen and oxygen atoms in total. The molecule has 1 N–H and O–H groups in total. The topological polar surface area (TPSA) is 55.6 Å². The molecule has 0 saturated heterocycles. The van der Waals surface area contributed by atoms with Crippen molar-refractivity contribution in [1.29, 1.82) is 0 Å². The van der Waals surface area contributed by atoms with Gasteiger partial charge in [0.25, 0.3) is 0 Å². The second kappa shape index (κ2) is 5.32. The molecule has 0 aliphatic rings. The van der Waals surface area contributed by atoms with Crippen molar-refractivity contribution < 1.29 is 9.53 Å². The fourth-order valence-corrected chi connectivity index (χ4v) is 1.98. The number of pyridine rings is 1. The minimum Gasteiger partial charge on any atom is -0.444 e. The molecule has 0 saturated carbocycles. The summed E-state index contributed by atoms with van der Waals surface area (Å²) in [7, 11) is 0. The third-order valence-electron chi connectivity index (χ3n) is 2.72. The molecule has 0 atom stereocenters. The molecule has 0 radical (unpaired) electrons. The molecule has 0 fully saturated rings. The van der Waals surface area contributed by atoms with Crippen LogP contribution in [-0.4, -0.2) is 21.1 Å². The van der Waals surface area contributed by atoms with Gasteiger partial charge in [0.1, 0.15) is 11.2 Å². The number of carbonyl (C=O) groups excluding carboxylic acids is 1. The van der Waals surface area contributed by atoms with Crippen molar-refractivity contribution in [2.24, 2.45) is 0 Å².